The van der Waals surface area contributed by atoms with E-state index in [0.29, 0.717) is 5.13 Å². The molecule has 0 aliphatic carbocycles. The molecule has 0 saturated carbocycles. The summed E-state index contributed by atoms with van der Waals surface area (Å²) in [5, 5.41) is 4.90. The van der Waals surface area contributed by atoms with Crippen LogP contribution in [0.3, 0.4) is 0 Å². The number of thioether (sulfide) groups is 1. The zero-order valence-corrected chi connectivity index (χ0v) is 9.58. The minimum Gasteiger partial charge on any atom is -0.375 e. The first-order chi connectivity index (χ1) is 7.11. The number of anilines is 1. The van der Waals surface area contributed by atoms with Crippen molar-refractivity contribution >= 4 is 40.2 Å². The lowest BCUT2D eigenvalue weighted by Crippen LogP contribution is -2.38. The molecule has 0 saturated heterocycles. The van der Waals surface area contributed by atoms with Crippen LogP contribution in [-0.4, -0.2) is 29.7 Å². The molecule has 0 radical (unpaired) electrons. The first kappa shape index (κ1) is 11.8. The van der Waals surface area contributed by atoms with Gasteiger partial charge in [0, 0.05) is 7.05 Å². The van der Waals surface area contributed by atoms with Gasteiger partial charge >= 0.3 is 6.03 Å². The van der Waals surface area contributed by atoms with E-state index in [-0.39, 0.29) is 11.7 Å². The summed E-state index contributed by atoms with van der Waals surface area (Å²) in [6.07, 6.45) is 1.60. The van der Waals surface area contributed by atoms with Crippen LogP contribution in [0.25, 0.3) is 0 Å². The fourth-order valence-corrected chi connectivity index (χ4v) is 2.26. The number of carbonyl (C=O) groups is 2. The predicted octanol–water partition coefficient (Wildman–Crippen LogP) is 0.273. The Morgan fingerprint density at radius 2 is 2.40 bits per heavy atom. The molecule has 0 aliphatic heterocycles. The number of thiazole rings is 1. The normalized spacial score (nSPS) is 9.67. The van der Waals surface area contributed by atoms with Crippen LogP contribution in [-0.2, 0) is 4.79 Å². The second kappa shape index (κ2) is 5.56. The lowest BCUT2D eigenvalue weighted by atomic mass is 10.7. The monoisotopic (exact) mass is 246 g/mol. The van der Waals surface area contributed by atoms with Crippen LogP contribution in [0.15, 0.2) is 10.4 Å². The van der Waals surface area contributed by atoms with Crippen LogP contribution < -0.4 is 16.4 Å². The van der Waals surface area contributed by atoms with E-state index in [2.05, 4.69) is 15.6 Å². The Balaban J connectivity index is 2.31. The fraction of sp³-hybridized carbons (Fsp3) is 0.286. The molecule has 0 unspecified atom stereocenters. The van der Waals surface area contributed by atoms with Crippen molar-refractivity contribution in [3.05, 3.63) is 6.20 Å². The quantitative estimate of drug-likeness (QED) is 0.665. The first-order valence-electron chi connectivity index (χ1n) is 3.97. The van der Waals surface area contributed by atoms with Crippen LogP contribution in [0.2, 0.25) is 0 Å². The molecule has 4 N–H and O–H groups in total. The van der Waals surface area contributed by atoms with Crippen molar-refractivity contribution in [2.75, 3.05) is 18.5 Å². The number of nitrogen functional groups attached to an aromatic ring is 1. The van der Waals surface area contributed by atoms with Crippen LogP contribution in [0.1, 0.15) is 0 Å². The van der Waals surface area contributed by atoms with Crippen molar-refractivity contribution in [3.63, 3.8) is 0 Å². The number of carbonyl (C=O) groups excluding carboxylic acids is 2. The van der Waals surface area contributed by atoms with E-state index in [0.717, 1.165) is 4.21 Å². The number of imide groups is 1. The SMILES string of the molecule is CNC(=O)NC(=O)CSc1cnc(N)s1. The van der Waals surface area contributed by atoms with E-state index >= 15 is 0 Å². The minimum atomic E-state index is -0.510. The molecule has 0 aromatic carbocycles. The summed E-state index contributed by atoms with van der Waals surface area (Å²) in [5.74, 6) is -0.193. The molecule has 0 fully saturated rings. The van der Waals surface area contributed by atoms with Crippen LogP contribution in [0, 0.1) is 0 Å². The summed E-state index contributed by atoms with van der Waals surface area (Å²) in [6, 6.07) is -0.510. The Hall–Kier alpha value is -1.28. The van der Waals surface area contributed by atoms with Gasteiger partial charge in [-0.05, 0) is 0 Å². The average molecular weight is 246 g/mol. The topological polar surface area (TPSA) is 97.1 Å². The Labute approximate surface area is 94.6 Å². The molecule has 15 heavy (non-hydrogen) atoms. The van der Waals surface area contributed by atoms with E-state index in [4.69, 9.17) is 5.73 Å². The molecule has 1 heterocycles. The Kier molecular flexibility index (Phi) is 4.37. The number of aromatic nitrogens is 1. The summed E-state index contributed by atoms with van der Waals surface area (Å²) in [7, 11) is 1.44. The molecule has 0 bridgehead atoms. The summed E-state index contributed by atoms with van der Waals surface area (Å²) < 4.78 is 0.847. The molecule has 0 atom stereocenters. The van der Waals surface area contributed by atoms with Gasteiger partial charge in [0.25, 0.3) is 0 Å². The predicted molar refractivity (Wildman–Crippen MR) is 59.8 cm³/mol. The number of nitrogens with one attached hydrogen (secondary N) is 2. The zero-order chi connectivity index (χ0) is 11.3. The Morgan fingerprint density at radius 3 is 2.93 bits per heavy atom. The van der Waals surface area contributed by atoms with Gasteiger partial charge in [0.2, 0.25) is 5.91 Å². The van der Waals surface area contributed by atoms with Gasteiger partial charge < -0.3 is 11.1 Å². The third-order valence-corrected chi connectivity index (χ3v) is 3.35. The van der Waals surface area contributed by atoms with Gasteiger partial charge in [-0.25, -0.2) is 9.78 Å². The van der Waals surface area contributed by atoms with Crippen molar-refractivity contribution in [2.24, 2.45) is 0 Å². The second-order valence-corrected chi connectivity index (χ2v) is 4.77. The highest BCUT2D eigenvalue weighted by Crippen LogP contribution is 2.25. The molecule has 6 nitrogen and oxygen atoms in total. The Bertz CT molecular complexity index is 366. The third kappa shape index (κ3) is 4.17. The van der Waals surface area contributed by atoms with E-state index in [1.54, 1.807) is 6.20 Å². The number of urea groups is 1. The lowest BCUT2D eigenvalue weighted by molar-refractivity contribution is -0.117. The van der Waals surface area contributed by atoms with Gasteiger partial charge in [0.1, 0.15) is 0 Å². The summed E-state index contributed by atoms with van der Waals surface area (Å²) in [6.45, 7) is 0. The van der Waals surface area contributed by atoms with Gasteiger partial charge in [-0.2, -0.15) is 0 Å². The highest BCUT2D eigenvalue weighted by molar-refractivity contribution is 8.01. The van der Waals surface area contributed by atoms with Crippen LogP contribution in [0.5, 0.6) is 0 Å². The molecule has 0 spiro atoms. The smallest absolute Gasteiger partial charge is 0.321 e. The first-order valence-corrected chi connectivity index (χ1v) is 5.77. The molecule has 82 valence electrons. The lowest BCUT2D eigenvalue weighted by Gasteiger charge is -2.01. The number of rotatable bonds is 3. The maximum absolute atomic E-state index is 11.2. The highest BCUT2D eigenvalue weighted by atomic mass is 32.2. The van der Waals surface area contributed by atoms with Crippen molar-refractivity contribution in [3.8, 4) is 0 Å². The summed E-state index contributed by atoms with van der Waals surface area (Å²) >= 11 is 2.59. The maximum atomic E-state index is 11.2. The summed E-state index contributed by atoms with van der Waals surface area (Å²) in [4.78, 5) is 25.7. The third-order valence-electron chi connectivity index (χ3n) is 1.33. The van der Waals surface area contributed by atoms with Gasteiger partial charge in [-0.1, -0.05) is 11.3 Å². The number of amides is 3. The average Bonchev–Trinajstić information content (AvgIpc) is 2.61. The number of nitrogens with two attached hydrogens (primary N) is 1. The maximum Gasteiger partial charge on any atom is 0.321 e. The van der Waals surface area contributed by atoms with Gasteiger partial charge in [0.15, 0.2) is 5.13 Å². The largest absolute Gasteiger partial charge is 0.375 e. The second-order valence-electron chi connectivity index (χ2n) is 2.43. The molecule has 3 amide bonds. The summed E-state index contributed by atoms with van der Waals surface area (Å²) in [5.41, 5.74) is 5.42. The van der Waals surface area contributed by atoms with Gasteiger partial charge in [-0.3, -0.25) is 10.1 Å². The van der Waals surface area contributed by atoms with Crippen LogP contribution in [0.4, 0.5) is 9.93 Å². The Morgan fingerprint density at radius 1 is 1.67 bits per heavy atom. The molecule has 1 aromatic heterocycles. The van der Waals surface area contributed by atoms with Gasteiger partial charge in [0.05, 0.1) is 16.2 Å². The molecular formula is C7H10N4O2S2. The molecular weight excluding hydrogens is 236 g/mol. The van der Waals surface area contributed by atoms with E-state index in [1.807, 2.05) is 0 Å². The van der Waals surface area contributed by atoms with Crippen molar-refractivity contribution in [1.82, 2.24) is 15.6 Å². The molecule has 8 heteroatoms. The van der Waals surface area contributed by atoms with E-state index < -0.39 is 6.03 Å². The van der Waals surface area contributed by atoms with E-state index in [9.17, 15) is 9.59 Å². The molecule has 1 rings (SSSR count). The van der Waals surface area contributed by atoms with Crippen LogP contribution >= 0.6 is 23.1 Å². The van der Waals surface area contributed by atoms with Crippen molar-refractivity contribution < 1.29 is 9.59 Å². The number of hydrogen-bond donors (Lipinski definition) is 3. The highest BCUT2D eigenvalue weighted by Gasteiger charge is 2.07. The van der Waals surface area contributed by atoms with Crippen molar-refractivity contribution in [2.45, 2.75) is 4.21 Å². The van der Waals surface area contributed by atoms with E-state index in [1.165, 1.54) is 30.1 Å². The van der Waals surface area contributed by atoms with Gasteiger partial charge in [-0.15, -0.1) is 11.8 Å². The standard InChI is InChI=1S/C7H10N4O2S2/c1-9-7(13)11-4(12)3-14-5-2-10-6(8)15-5/h2H,3H2,1H3,(H2,8,10)(H2,9,11,12,13). The van der Waals surface area contributed by atoms with Crippen molar-refractivity contribution in [1.29, 1.82) is 0 Å². The fourth-order valence-electron chi connectivity index (χ4n) is 0.701. The number of nitrogens with zero attached hydrogens (tertiary/aromatic N) is 1. The number of hydrogen-bond acceptors (Lipinski definition) is 6. The molecule has 1 aromatic rings. The molecule has 0 aliphatic rings. The zero-order valence-electron chi connectivity index (χ0n) is 7.94. The minimum absolute atomic E-state index is 0.162.